The second kappa shape index (κ2) is 4.43. The van der Waals surface area contributed by atoms with Crippen LogP contribution in [0.15, 0.2) is 16.6 Å². The average molecular weight is 285 g/mol. The summed E-state index contributed by atoms with van der Waals surface area (Å²) in [5.74, 6) is 0.560. The van der Waals surface area contributed by atoms with E-state index in [1.54, 1.807) is 6.07 Å². The van der Waals surface area contributed by atoms with Gasteiger partial charge >= 0.3 is 0 Å². The Balaban J connectivity index is 2.33. The fourth-order valence-corrected chi connectivity index (χ4v) is 2.08. The van der Waals surface area contributed by atoms with Crippen LogP contribution in [-0.2, 0) is 4.79 Å². The Hall–Kier alpha value is -1.07. The van der Waals surface area contributed by atoms with E-state index in [0.29, 0.717) is 6.61 Å². The maximum Gasteiger partial charge on any atom is 0.245 e. The summed E-state index contributed by atoms with van der Waals surface area (Å²) in [7, 11) is 0. The molecule has 1 atom stereocenters. The molecule has 0 radical (unpaired) electrons. The van der Waals surface area contributed by atoms with E-state index in [4.69, 9.17) is 10.5 Å². The molecule has 1 unspecified atom stereocenters. The number of nitrogens with one attached hydrogen (secondary N) is 1. The molecule has 5 heteroatoms. The molecule has 1 aliphatic rings. The Morgan fingerprint density at radius 3 is 3.00 bits per heavy atom. The van der Waals surface area contributed by atoms with Gasteiger partial charge in [-0.1, -0.05) is 6.92 Å². The van der Waals surface area contributed by atoms with Crippen molar-refractivity contribution < 1.29 is 9.53 Å². The van der Waals surface area contributed by atoms with E-state index in [-0.39, 0.29) is 5.91 Å². The van der Waals surface area contributed by atoms with Gasteiger partial charge in [-0.15, -0.1) is 0 Å². The summed E-state index contributed by atoms with van der Waals surface area (Å²) in [5, 5.41) is 2.73. The van der Waals surface area contributed by atoms with Crippen LogP contribution in [0.3, 0.4) is 0 Å². The zero-order valence-corrected chi connectivity index (χ0v) is 10.5. The van der Waals surface area contributed by atoms with Gasteiger partial charge in [-0.2, -0.15) is 0 Å². The first-order valence-corrected chi connectivity index (χ1v) is 5.95. The normalized spacial score (nSPS) is 18.2. The third kappa shape index (κ3) is 1.92. The Kier molecular flexibility index (Phi) is 3.16. The fraction of sp³-hybridized carbons (Fsp3) is 0.364. The summed E-state index contributed by atoms with van der Waals surface area (Å²) in [6.07, 6.45) is 0.940. The van der Waals surface area contributed by atoms with Crippen molar-refractivity contribution in [3.63, 3.8) is 0 Å². The highest BCUT2D eigenvalue weighted by Crippen LogP contribution is 2.37. The fourth-order valence-electron chi connectivity index (χ4n) is 1.61. The summed E-state index contributed by atoms with van der Waals surface area (Å²) in [5.41, 5.74) is 7.28. The molecule has 1 aromatic rings. The van der Waals surface area contributed by atoms with Gasteiger partial charge in [0.1, 0.15) is 11.8 Å². The number of anilines is 1. The molecule has 1 amide bonds. The van der Waals surface area contributed by atoms with Crippen molar-refractivity contribution in [3.8, 4) is 5.75 Å². The monoisotopic (exact) mass is 284 g/mol. The zero-order valence-electron chi connectivity index (χ0n) is 8.92. The minimum atomic E-state index is -0.577. The van der Waals surface area contributed by atoms with Crippen molar-refractivity contribution in [2.24, 2.45) is 5.73 Å². The average Bonchev–Trinajstić information content (AvgIpc) is 2.52. The molecule has 0 spiro atoms. The van der Waals surface area contributed by atoms with Crippen LogP contribution < -0.4 is 15.8 Å². The maximum atomic E-state index is 11.4. The van der Waals surface area contributed by atoms with E-state index in [1.165, 1.54) is 0 Å². The molecule has 86 valence electrons. The number of fused-ring (bicyclic) bond motifs is 1. The van der Waals surface area contributed by atoms with Gasteiger partial charge in [-0.3, -0.25) is 4.79 Å². The van der Waals surface area contributed by atoms with Crippen LogP contribution in [0.5, 0.6) is 5.75 Å². The van der Waals surface area contributed by atoms with Crippen LogP contribution in [0.2, 0.25) is 0 Å². The van der Waals surface area contributed by atoms with E-state index < -0.39 is 6.04 Å². The number of carbonyl (C=O) groups excluding carboxylic acids is 1. The quantitative estimate of drug-likeness (QED) is 0.894. The highest BCUT2D eigenvalue weighted by atomic mass is 79.9. The second-order valence-electron chi connectivity index (χ2n) is 3.69. The standard InChI is InChI=1S/C11H13BrN2O2/c1-2-3-16-9-5-8-6(4-7(9)12)10(13)11(15)14-8/h4-5,10H,2-3,13H2,1H3,(H,14,15). The molecule has 0 aliphatic carbocycles. The summed E-state index contributed by atoms with van der Waals surface area (Å²) in [4.78, 5) is 11.4. The van der Waals surface area contributed by atoms with Gasteiger partial charge in [0.15, 0.2) is 0 Å². The van der Waals surface area contributed by atoms with Gasteiger partial charge in [0.05, 0.1) is 11.1 Å². The lowest BCUT2D eigenvalue weighted by Crippen LogP contribution is -2.19. The van der Waals surface area contributed by atoms with E-state index in [2.05, 4.69) is 21.2 Å². The summed E-state index contributed by atoms with van der Waals surface area (Å²) in [6.45, 7) is 2.69. The first-order chi connectivity index (χ1) is 7.63. The second-order valence-corrected chi connectivity index (χ2v) is 4.54. The lowest BCUT2D eigenvalue weighted by molar-refractivity contribution is -0.116. The third-order valence-corrected chi connectivity index (χ3v) is 3.06. The van der Waals surface area contributed by atoms with Crippen molar-refractivity contribution in [1.29, 1.82) is 0 Å². The lowest BCUT2D eigenvalue weighted by atomic mass is 10.1. The van der Waals surface area contributed by atoms with Crippen LogP contribution in [0.1, 0.15) is 24.9 Å². The van der Waals surface area contributed by atoms with E-state index in [0.717, 1.165) is 27.9 Å². The number of benzene rings is 1. The predicted octanol–water partition coefficient (Wildman–Crippen LogP) is 2.19. The van der Waals surface area contributed by atoms with E-state index in [9.17, 15) is 4.79 Å². The van der Waals surface area contributed by atoms with Crippen molar-refractivity contribution in [2.45, 2.75) is 19.4 Å². The molecule has 0 fully saturated rings. The van der Waals surface area contributed by atoms with Crippen molar-refractivity contribution >= 4 is 27.5 Å². The Bertz CT molecular complexity index is 434. The minimum absolute atomic E-state index is 0.172. The van der Waals surface area contributed by atoms with Crippen molar-refractivity contribution in [2.75, 3.05) is 11.9 Å². The predicted molar refractivity (Wildman–Crippen MR) is 65.5 cm³/mol. The molecule has 0 bridgehead atoms. The molecule has 0 saturated heterocycles. The number of amides is 1. The van der Waals surface area contributed by atoms with Gasteiger partial charge in [0.2, 0.25) is 5.91 Å². The number of hydrogen-bond donors (Lipinski definition) is 2. The lowest BCUT2D eigenvalue weighted by Gasteiger charge is -2.09. The van der Waals surface area contributed by atoms with Crippen molar-refractivity contribution in [3.05, 3.63) is 22.2 Å². The number of nitrogens with two attached hydrogens (primary N) is 1. The van der Waals surface area contributed by atoms with Crippen molar-refractivity contribution in [1.82, 2.24) is 0 Å². The number of halogens is 1. The number of carbonyl (C=O) groups is 1. The van der Waals surface area contributed by atoms with Crippen LogP contribution in [0.4, 0.5) is 5.69 Å². The van der Waals surface area contributed by atoms with Gasteiger partial charge in [-0.25, -0.2) is 0 Å². The molecule has 4 nitrogen and oxygen atoms in total. The SMILES string of the molecule is CCCOc1cc2c(cc1Br)C(N)C(=O)N2. The molecule has 2 rings (SSSR count). The topological polar surface area (TPSA) is 64.3 Å². The highest BCUT2D eigenvalue weighted by molar-refractivity contribution is 9.10. The largest absolute Gasteiger partial charge is 0.492 e. The molecular formula is C11H13BrN2O2. The number of rotatable bonds is 3. The molecule has 0 saturated carbocycles. The first kappa shape index (κ1) is 11.4. The Labute approximate surface area is 102 Å². The van der Waals surface area contributed by atoms with Gasteiger partial charge < -0.3 is 15.8 Å². The van der Waals surface area contributed by atoms with Gasteiger partial charge in [-0.05, 0) is 28.4 Å². The van der Waals surface area contributed by atoms with Crippen LogP contribution in [0, 0.1) is 0 Å². The number of ether oxygens (including phenoxy) is 1. The molecule has 16 heavy (non-hydrogen) atoms. The molecule has 1 aromatic carbocycles. The zero-order chi connectivity index (χ0) is 11.7. The Morgan fingerprint density at radius 1 is 1.56 bits per heavy atom. The highest BCUT2D eigenvalue weighted by Gasteiger charge is 2.28. The maximum absolute atomic E-state index is 11.4. The van der Waals surface area contributed by atoms with Crippen LogP contribution in [-0.4, -0.2) is 12.5 Å². The third-order valence-electron chi connectivity index (χ3n) is 2.44. The summed E-state index contributed by atoms with van der Waals surface area (Å²) in [6, 6.07) is 3.06. The van der Waals surface area contributed by atoms with E-state index in [1.807, 2.05) is 13.0 Å². The van der Waals surface area contributed by atoms with Gasteiger partial charge in [0, 0.05) is 17.3 Å². The minimum Gasteiger partial charge on any atom is -0.492 e. The van der Waals surface area contributed by atoms with Crippen LogP contribution in [0.25, 0.3) is 0 Å². The number of hydrogen-bond acceptors (Lipinski definition) is 3. The van der Waals surface area contributed by atoms with Gasteiger partial charge in [0.25, 0.3) is 0 Å². The Morgan fingerprint density at radius 2 is 2.31 bits per heavy atom. The first-order valence-electron chi connectivity index (χ1n) is 5.16. The van der Waals surface area contributed by atoms with Crippen LogP contribution >= 0.6 is 15.9 Å². The summed E-state index contributed by atoms with van der Waals surface area (Å²) >= 11 is 3.41. The molecule has 3 N–H and O–H groups in total. The smallest absolute Gasteiger partial charge is 0.245 e. The summed E-state index contributed by atoms with van der Waals surface area (Å²) < 4.78 is 6.37. The molecule has 1 heterocycles. The molecule has 1 aliphatic heterocycles. The van der Waals surface area contributed by atoms with E-state index >= 15 is 0 Å². The molecule has 0 aromatic heterocycles. The molecular weight excluding hydrogens is 272 g/mol.